The molecule has 0 aliphatic heterocycles. The van der Waals surface area contributed by atoms with Crippen molar-refractivity contribution in [2.75, 3.05) is 5.73 Å². The van der Waals surface area contributed by atoms with E-state index in [1.165, 1.54) is 0 Å². The topological polar surface area (TPSA) is 64.9 Å². The summed E-state index contributed by atoms with van der Waals surface area (Å²) in [5, 5.41) is 0. The zero-order valence-corrected chi connectivity index (χ0v) is 8.08. The third kappa shape index (κ3) is 1.84. The first kappa shape index (κ1) is 9.22. The Morgan fingerprint density at radius 2 is 2.33 bits per heavy atom. The summed E-state index contributed by atoms with van der Waals surface area (Å²) in [7, 11) is 0. The third-order valence-corrected chi connectivity index (χ3v) is 2.18. The van der Waals surface area contributed by atoms with E-state index in [0.29, 0.717) is 5.82 Å². The van der Waals surface area contributed by atoms with Crippen LogP contribution in [0.2, 0.25) is 0 Å². The van der Waals surface area contributed by atoms with Crippen LogP contribution in [0.4, 0.5) is 5.82 Å². The number of halogens is 1. The van der Waals surface area contributed by atoms with E-state index in [0.717, 1.165) is 10.0 Å². The van der Waals surface area contributed by atoms with Crippen LogP contribution in [-0.2, 0) is 0 Å². The first-order valence-corrected chi connectivity index (χ1v) is 4.23. The van der Waals surface area contributed by atoms with Gasteiger partial charge in [-0.1, -0.05) is 6.08 Å². The van der Waals surface area contributed by atoms with Crippen LogP contribution in [0.5, 0.6) is 0 Å². The second kappa shape index (κ2) is 3.69. The predicted molar refractivity (Wildman–Crippen MR) is 53.5 cm³/mol. The Morgan fingerprint density at radius 3 is 2.92 bits per heavy atom. The first-order valence-electron chi connectivity index (χ1n) is 3.44. The number of aromatic nitrogens is 1. The van der Waals surface area contributed by atoms with Crippen molar-refractivity contribution < 1.29 is 0 Å². The Hall–Kier alpha value is -0.870. The Kier molecular flexibility index (Phi) is 2.83. The van der Waals surface area contributed by atoms with E-state index in [-0.39, 0.29) is 6.04 Å². The number of pyridine rings is 1. The van der Waals surface area contributed by atoms with Gasteiger partial charge in [0, 0.05) is 16.7 Å². The van der Waals surface area contributed by atoms with Crippen LogP contribution in [0.15, 0.2) is 29.4 Å². The van der Waals surface area contributed by atoms with Gasteiger partial charge in [0.2, 0.25) is 0 Å². The van der Waals surface area contributed by atoms with Crippen molar-refractivity contribution in [2.24, 2.45) is 5.73 Å². The number of rotatable bonds is 2. The zero-order chi connectivity index (χ0) is 9.14. The van der Waals surface area contributed by atoms with E-state index < -0.39 is 0 Å². The molecule has 0 spiro atoms. The Balaban J connectivity index is 3.12. The fraction of sp³-hybridized carbons (Fsp3) is 0.125. The minimum Gasteiger partial charge on any atom is -0.384 e. The van der Waals surface area contributed by atoms with E-state index in [9.17, 15) is 0 Å². The monoisotopic (exact) mass is 227 g/mol. The quantitative estimate of drug-likeness (QED) is 0.755. The molecular weight excluding hydrogens is 218 g/mol. The molecule has 0 aliphatic rings. The molecule has 0 aromatic carbocycles. The Labute approximate surface area is 79.6 Å². The number of nitrogen functional groups attached to an aromatic ring is 1. The SMILES string of the molecule is C=C[C@H](N)c1cc(N)ncc1Br. The molecule has 4 N–H and O–H groups in total. The average Bonchev–Trinajstić information content (AvgIpc) is 2.08. The molecule has 1 atom stereocenters. The van der Waals surface area contributed by atoms with Gasteiger partial charge < -0.3 is 11.5 Å². The maximum Gasteiger partial charge on any atom is 0.123 e. The van der Waals surface area contributed by atoms with Crippen LogP contribution in [0.1, 0.15) is 11.6 Å². The summed E-state index contributed by atoms with van der Waals surface area (Å²) >= 11 is 3.33. The molecule has 1 heterocycles. The van der Waals surface area contributed by atoms with Crippen molar-refractivity contribution in [3.63, 3.8) is 0 Å². The van der Waals surface area contributed by atoms with Gasteiger partial charge >= 0.3 is 0 Å². The van der Waals surface area contributed by atoms with Gasteiger partial charge in [-0.3, -0.25) is 0 Å². The maximum absolute atomic E-state index is 5.73. The minimum absolute atomic E-state index is 0.204. The number of hydrogen-bond acceptors (Lipinski definition) is 3. The molecule has 0 aliphatic carbocycles. The predicted octanol–water partition coefficient (Wildman–Crippen LogP) is 1.61. The van der Waals surface area contributed by atoms with Crippen LogP contribution in [-0.4, -0.2) is 4.98 Å². The molecule has 0 unspecified atom stereocenters. The summed E-state index contributed by atoms with van der Waals surface area (Å²) < 4.78 is 0.851. The molecule has 1 aromatic rings. The van der Waals surface area contributed by atoms with Crippen molar-refractivity contribution >= 4 is 21.7 Å². The molecule has 0 amide bonds. The highest BCUT2D eigenvalue weighted by Crippen LogP contribution is 2.22. The maximum atomic E-state index is 5.73. The van der Waals surface area contributed by atoms with Crippen LogP contribution < -0.4 is 11.5 Å². The second-order valence-electron chi connectivity index (χ2n) is 2.39. The number of anilines is 1. The summed E-state index contributed by atoms with van der Waals surface area (Å²) in [4.78, 5) is 3.90. The van der Waals surface area contributed by atoms with Gasteiger partial charge in [-0.2, -0.15) is 0 Å². The highest BCUT2D eigenvalue weighted by atomic mass is 79.9. The van der Waals surface area contributed by atoms with Gasteiger partial charge in [-0.15, -0.1) is 6.58 Å². The van der Waals surface area contributed by atoms with Gasteiger partial charge in [0.1, 0.15) is 5.82 Å². The average molecular weight is 228 g/mol. The molecule has 3 nitrogen and oxygen atoms in total. The molecule has 0 saturated carbocycles. The van der Waals surface area contributed by atoms with E-state index in [4.69, 9.17) is 11.5 Å². The first-order chi connectivity index (χ1) is 5.65. The molecule has 0 radical (unpaired) electrons. The van der Waals surface area contributed by atoms with E-state index >= 15 is 0 Å². The van der Waals surface area contributed by atoms with Crippen LogP contribution >= 0.6 is 15.9 Å². The van der Waals surface area contributed by atoms with Crippen molar-refractivity contribution in [3.05, 3.63) is 35.0 Å². The number of nitrogens with two attached hydrogens (primary N) is 2. The molecule has 0 bridgehead atoms. The normalized spacial score (nSPS) is 12.5. The van der Waals surface area contributed by atoms with Crippen LogP contribution in [0.3, 0.4) is 0 Å². The van der Waals surface area contributed by atoms with Crippen molar-refractivity contribution in [1.29, 1.82) is 0 Å². The molecule has 4 heteroatoms. The Bertz CT molecular complexity index is 298. The zero-order valence-electron chi connectivity index (χ0n) is 6.50. The number of nitrogens with zero attached hydrogens (tertiary/aromatic N) is 1. The summed E-state index contributed by atoms with van der Waals surface area (Å²) in [6.07, 6.45) is 3.29. The van der Waals surface area contributed by atoms with Crippen molar-refractivity contribution in [2.45, 2.75) is 6.04 Å². The third-order valence-electron chi connectivity index (χ3n) is 1.52. The fourth-order valence-corrected chi connectivity index (χ4v) is 1.33. The summed E-state index contributed by atoms with van der Waals surface area (Å²) in [5.41, 5.74) is 12.1. The van der Waals surface area contributed by atoms with Crippen molar-refractivity contribution in [3.8, 4) is 0 Å². The molecule has 1 aromatic heterocycles. The molecule has 1 rings (SSSR count). The largest absolute Gasteiger partial charge is 0.384 e. The van der Waals surface area contributed by atoms with Gasteiger partial charge in [0.05, 0.1) is 0 Å². The summed E-state index contributed by atoms with van der Waals surface area (Å²) in [5.74, 6) is 0.463. The molecular formula is C8H10BrN3. The second-order valence-corrected chi connectivity index (χ2v) is 3.25. The molecule has 64 valence electrons. The molecule has 0 fully saturated rings. The molecule has 12 heavy (non-hydrogen) atoms. The lowest BCUT2D eigenvalue weighted by Gasteiger charge is -2.08. The highest BCUT2D eigenvalue weighted by molar-refractivity contribution is 9.10. The lowest BCUT2D eigenvalue weighted by molar-refractivity contribution is 0.903. The minimum atomic E-state index is -0.204. The van der Waals surface area contributed by atoms with Crippen LogP contribution in [0, 0.1) is 0 Å². The summed E-state index contributed by atoms with van der Waals surface area (Å²) in [6.45, 7) is 3.60. The smallest absolute Gasteiger partial charge is 0.123 e. The van der Waals surface area contributed by atoms with Gasteiger partial charge in [0.15, 0.2) is 0 Å². The van der Waals surface area contributed by atoms with E-state index in [2.05, 4.69) is 27.5 Å². The lowest BCUT2D eigenvalue weighted by Crippen LogP contribution is -2.08. The van der Waals surface area contributed by atoms with Gasteiger partial charge in [-0.25, -0.2) is 4.98 Å². The highest BCUT2D eigenvalue weighted by Gasteiger charge is 2.06. The van der Waals surface area contributed by atoms with Crippen molar-refractivity contribution in [1.82, 2.24) is 4.98 Å². The fourth-order valence-electron chi connectivity index (χ4n) is 0.854. The van der Waals surface area contributed by atoms with E-state index in [1.807, 2.05) is 0 Å². The van der Waals surface area contributed by atoms with E-state index in [1.54, 1.807) is 18.3 Å². The number of hydrogen-bond donors (Lipinski definition) is 2. The Morgan fingerprint density at radius 1 is 1.67 bits per heavy atom. The van der Waals surface area contributed by atoms with Gasteiger partial charge in [-0.05, 0) is 27.6 Å². The lowest BCUT2D eigenvalue weighted by atomic mass is 10.1. The standard InChI is InChI=1S/C8H10BrN3/c1-2-7(10)5-3-8(11)12-4-6(5)9/h2-4,7H,1,10H2,(H2,11,12)/t7-/m0/s1. The van der Waals surface area contributed by atoms with Gasteiger partial charge in [0.25, 0.3) is 0 Å². The molecule has 0 saturated heterocycles. The summed E-state index contributed by atoms with van der Waals surface area (Å²) in [6, 6.07) is 1.53. The van der Waals surface area contributed by atoms with Crippen LogP contribution in [0.25, 0.3) is 0 Å².